The van der Waals surface area contributed by atoms with Gasteiger partial charge in [-0.3, -0.25) is 14.9 Å². The Kier molecular flexibility index (Phi) is 5.77. The fourth-order valence-corrected chi connectivity index (χ4v) is 3.53. The van der Waals surface area contributed by atoms with Crippen LogP contribution in [0.4, 0.5) is 17.3 Å². The highest BCUT2D eigenvalue weighted by Gasteiger charge is 2.33. The molecule has 0 unspecified atom stereocenters. The summed E-state index contributed by atoms with van der Waals surface area (Å²) in [4.78, 5) is 37.3. The summed E-state index contributed by atoms with van der Waals surface area (Å²) in [5, 5.41) is 11.9. The lowest BCUT2D eigenvalue weighted by Crippen LogP contribution is -2.49. The molecule has 0 aliphatic carbocycles. The molecule has 2 aliphatic rings. The summed E-state index contributed by atoms with van der Waals surface area (Å²) in [5.74, 6) is 0.499. The number of furan rings is 1. The maximum Gasteiger partial charge on any atom is 0.353 e. The van der Waals surface area contributed by atoms with Crippen LogP contribution in [0.15, 0.2) is 29.1 Å². The van der Waals surface area contributed by atoms with Crippen molar-refractivity contribution in [1.29, 1.82) is 0 Å². The van der Waals surface area contributed by atoms with E-state index in [0.717, 1.165) is 0 Å². The van der Waals surface area contributed by atoms with Crippen molar-refractivity contribution in [3.8, 4) is 0 Å². The molecule has 0 N–H and O–H groups in total. The molecule has 12 nitrogen and oxygen atoms in total. The first-order valence-corrected chi connectivity index (χ1v) is 9.56. The highest BCUT2D eigenvalue weighted by Crippen LogP contribution is 2.34. The summed E-state index contributed by atoms with van der Waals surface area (Å²) in [6.07, 6.45) is 2.31. The van der Waals surface area contributed by atoms with Gasteiger partial charge in [-0.25, -0.2) is 9.97 Å². The van der Waals surface area contributed by atoms with Gasteiger partial charge in [-0.1, -0.05) is 0 Å². The molecule has 0 saturated carbocycles. The van der Waals surface area contributed by atoms with Crippen molar-refractivity contribution in [2.24, 2.45) is 0 Å². The van der Waals surface area contributed by atoms with Crippen LogP contribution in [0.5, 0.6) is 0 Å². The molecule has 4 rings (SSSR count). The number of rotatable bonds is 6. The lowest BCUT2D eigenvalue weighted by Gasteiger charge is -2.35. The van der Waals surface area contributed by atoms with E-state index in [1.165, 1.54) is 12.6 Å². The van der Waals surface area contributed by atoms with Gasteiger partial charge in [0, 0.05) is 33.2 Å². The Balaban J connectivity index is 1.50. The number of hydrogen-bond donors (Lipinski definition) is 0. The fourth-order valence-electron chi connectivity index (χ4n) is 3.53. The Labute approximate surface area is 172 Å². The van der Waals surface area contributed by atoms with E-state index in [1.54, 1.807) is 33.9 Å². The number of ether oxygens (including phenoxy) is 2. The van der Waals surface area contributed by atoms with Gasteiger partial charge in [-0.05, 0) is 12.1 Å². The van der Waals surface area contributed by atoms with Crippen molar-refractivity contribution in [2.45, 2.75) is 6.29 Å². The van der Waals surface area contributed by atoms with Gasteiger partial charge in [0.05, 0.1) is 30.9 Å². The Bertz CT molecular complexity index is 893. The normalized spacial score (nSPS) is 17.4. The van der Waals surface area contributed by atoms with Crippen LogP contribution in [0.3, 0.4) is 0 Å². The number of nitrogens with zero attached hydrogens (tertiary/aromatic N) is 6. The standard InChI is InChI=1S/C18H22N6O6/c1-21(11-14-29-9-10-30-14)16-15(24(26)27)17(20-12-19-16)22-4-6-23(7-5-22)18(25)13-3-2-8-28-13/h2-3,8,12,14H,4-7,9-11H2,1H3. The zero-order chi connectivity index (χ0) is 21.1. The van der Waals surface area contributed by atoms with Gasteiger partial charge >= 0.3 is 5.69 Å². The molecular formula is C18H22N6O6. The van der Waals surface area contributed by atoms with Gasteiger partial charge in [-0.15, -0.1) is 0 Å². The molecule has 12 heteroatoms. The molecule has 1 amide bonds. The van der Waals surface area contributed by atoms with Crippen LogP contribution in [0, 0.1) is 10.1 Å². The minimum Gasteiger partial charge on any atom is -0.459 e. The highest BCUT2D eigenvalue weighted by molar-refractivity contribution is 5.91. The Morgan fingerprint density at radius 2 is 2.00 bits per heavy atom. The van der Waals surface area contributed by atoms with Crippen molar-refractivity contribution in [3.63, 3.8) is 0 Å². The molecule has 0 spiro atoms. The van der Waals surface area contributed by atoms with Gasteiger partial charge in [0.15, 0.2) is 12.1 Å². The first-order valence-electron chi connectivity index (χ1n) is 9.56. The van der Waals surface area contributed by atoms with Crippen LogP contribution in [0.2, 0.25) is 0 Å². The van der Waals surface area contributed by atoms with E-state index in [4.69, 9.17) is 13.9 Å². The van der Waals surface area contributed by atoms with Crippen LogP contribution in [0.25, 0.3) is 0 Å². The largest absolute Gasteiger partial charge is 0.459 e. The van der Waals surface area contributed by atoms with Crippen LogP contribution >= 0.6 is 0 Å². The lowest BCUT2D eigenvalue weighted by atomic mass is 10.2. The second-order valence-corrected chi connectivity index (χ2v) is 6.93. The van der Waals surface area contributed by atoms with Gasteiger partial charge in [0.2, 0.25) is 11.6 Å². The molecule has 0 aromatic carbocycles. The molecule has 30 heavy (non-hydrogen) atoms. The van der Waals surface area contributed by atoms with E-state index in [1.807, 2.05) is 0 Å². The van der Waals surface area contributed by atoms with Crippen LogP contribution < -0.4 is 9.80 Å². The number of likely N-dealkylation sites (N-methyl/N-ethyl adjacent to an activating group) is 1. The Hall–Kier alpha value is -3.25. The molecule has 0 bridgehead atoms. The van der Waals surface area contributed by atoms with Crippen molar-refractivity contribution in [1.82, 2.24) is 14.9 Å². The van der Waals surface area contributed by atoms with Crippen LogP contribution in [0.1, 0.15) is 10.6 Å². The van der Waals surface area contributed by atoms with E-state index in [-0.39, 0.29) is 29.0 Å². The van der Waals surface area contributed by atoms with Gasteiger partial charge in [0.25, 0.3) is 5.91 Å². The third kappa shape index (κ3) is 4.04. The zero-order valence-electron chi connectivity index (χ0n) is 16.5. The number of carbonyl (C=O) groups excluding carboxylic acids is 1. The third-order valence-electron chi connectivity index (χ3n) is 5.04. The Morgan fingerprint density at radius 1 is 1.27 bits per heavy atom. The number of aromatic nitrogens is 2. The van der Waals surface area contributed by atoms with E-state index in [9.17, 15) is 14.9 Å². The maximum absolute atomic E-state index is 12.4. The van der Waals surface area contributed by atoms with Crippen molar-refractivity contribution >= 4 is 23.2 Å². The highest BCUT2D eigenvalue weighted by atomic mass is 16.7. The predicted molar refractivity (Wildman–Crippen MR) is 104 cm³/mol. The maximum atomic E-state index is 12.4. The number of anilines is 2. The molecule has 2 aromatic heterocycles. The first kappa shape index (κ1) is 20.0. The fraction of sp³-hybridized carbons (Fsp3) is 0.500. The molecule has 0 radical (unpaired) electrons. The molecule has 2 aliphatic heterocycles. The van der Waals surface area contributed by atoms with E-state index >= 15 is 0 Å². The number of amides is 1. The Morgan fingerprint density at radius 3 is 2.63 bits per heavy atom. The van der Waals surface area contributed by atoms with Crippen LogP contribution in [-0.2, 0) is 9.47 Å². The van der Waals surface area contributed by atoms with Crippen molar-refractivity contribution in [3.05, 3.63) is 40.6 Å². The summed E-state index contributed by atoms with van der Waals surface area (Å²) in [6.45, 7) is 2.91. The second-order valence-electron chi connectivity index (χ2n) is 6.93. The van der Waals surface area contributed by atoms with Crippen LogP contribution in [-0.4, -0.2) is 85.0 Å². The molecule has 0 atom stereocenters. The summed E-state index contributed by atoms with van der Waals surface area (Å²) in [5.41, 5.74) is -0.177. The van der Waals surface area contributed by atoms with E-state index in [0.29, 0.717) is 45.9 Å². The number of nitro groups is 1. The minimum absolute atomic E-state index is 0.177. The average molecular weight is 418 g/mol. The minimum atomic E-state index is -0.474. The van der Waals surface area contributed by atoms with Crippen molar-refractivity contribution < 1.29 is 23.6 Å². The zero-order valence-corrected chi connectivity index (χ0v) is 16.5. The van der Waals surface area contributed by atoms with Gasteiger partial charge in [0.1, 0.15) is 6.33 Å². The summed E-state index contributed by atoms with van der Waals surface area (Å²) in [7, 11) is 1.70. The summed E-state index contributed by atoms with van der Waals surface area (Å²) >= 11 is 0. The second kappa shape index (κ2) is 8.63. The smallest absolute Gasteiger partial charge is 0.353 e. The molecular weight excluding hydrogens is 396 g/mol. The average Bonchev–Trinajstić information content (AvgIpc) is 3.47. The number of piperazine rings is 1. The summed E-state index contributed by atoms with van der Waals surface area (Å²) in [6, 6.07) is 3.28. The third-order valence-corrected chi connectivity index (χ3v) is 5.04. The van der Waals surface area contributed by atoms with E-state index in [2.05, 4.69) is 9.97 Å². The quantitative estimate of drug-likeness (QED) is 0.490. The summed E-state index contributed by atoms with van der Waals surface area (Å²) < 4.78 is 16.0. The first-order chi connectivity index (χ1) is 14.5. The number of hydrogen-bond acceptors (Lipinski definition) is 10. The SMILES string of the molecule is CN(CC1OCCO1)c1ncnc(N2CCN(C(=O)c3ccco3)CC2)c1[N+](=O)[O-]. The molecule has 2 aromatic rings. The van der Waals surface area contributed by atoms with Gasteiger partial charge < -0.3 is 28.6 Å². The molecule has 2 fully saturated rings. The molecule has 160 valence electrons. The number of carbonyl (C=O) groups is 1. The monoisotopic (exact) mass is 418 g/mol. The van der Waals surface area contributed by atoms with Crippen molar-refractivity contribution in [2.75, 3.05) is 62.8 Å². The molecule has 2 saturated heterocycles. The lowest BCUT2D eigenvalue weighted by molar-refractivity contribution is -0.383. The van der Waals surface area contributed by atoms with E-state index < -0.39 is 11.2 Å². The topological polar surface area (TPSA) is 127 Å². The van der Waals surface area contributed by atoms with Gasteiger partial charge in [-0.2, -0.15) is 0 Å². The predicted octanol–water partition coefficient (Wildman–Crippen LogP) is 0.749. The molecule has 4 heterocycles.